The maximum Gasteiger partial charge on any atom is 0.249 e. The molecule has 1 amide bonds. The summed E-state index contributed by atoms with van der Waals surface area (Å²) in [4.78, 5) is 13.1. The van der Waals surface area contributed by atoms with Gasteiger partial charge in [0.15, 0.2) is 6.29 Å². The Morgan fingerprint density at radius 3 is 1.47 bits per heavy atom. The van der Waals surface area contributed by atoms with Crippen LogP contribution in [-0.4, -0.2) is 110 Å². The molecule has 1 saturated heterocycles. The van der Waals surface area contributed by atoms with E-state index in [1.807, 2.05) is 0 Å². The molecule has 0 unspecified atom stereocenters. The molecule has 1 rings (SSSR count). The lowest BCUT2D eigenvalue weighted by molar-refractivity contribution is -0.303. The van der Waals surface area contributed by atoms with Crippen LogP contribution in [0.2, 0.25) is 0 Å². The van der Waals surface area contributed by atoms with Crippen LogP contribution in [0, 0.1) is 0 Å². The van der Waals surface area contributed by atoms with E-state index in [9.17, 15) is 40.5 Å². The molecule has 11 heteroatoms. The number of unbranched alkanes of at least 4 members (excludes halogenated alkanes) is 26. The third-order valence-electron chi connectivity index (χ3n) is 11.8. The zero-order valence-electron chi connectivity index (χ0n) is 37.0. The fourth-order valence-electron chi connectivity index (χ4n) is 7.79. The van der Waals surface area contributed by atoms with Gasteiger partial charge in [-0.25, -0.2) is 0 Å². The molecule has 11 nitrogen and oxygen atoms in total. The molecule has 0 aromatic rings. The van der Waals surface area contributed by atoms with Crippen molar-refractivity contribution in [1.82, 2.24) is 5.32 Å². The zero-order valence-corrected chi connectivity index (χ0v) is 37.0. The van der Waals surface area contributed by atoms with Crippen LogP contribution >= 0.6 is 0 Å². The van der Waals surface area contributed by atoms with Crippen molar-refractivity contribution < 1.29 is 50.0 Å². The molecular weight excluding hydrogens is 739 g/mol. The van der Waals surface area contributed by atoms with Gasteiger partial charge < -0.3 is 50.5 Å². The molecule has 0 saturated carbocycles. The van der Waals surface area contributed by atoms with E-state index in [0.29, 0.717) is 12.8 Å². The van der Waals surface area contributed by atoms with Gasteiger partial charge in [-0.2, -0.15) is 0 Å². The van der Waals surface area contributed by atoms with Gasteiger partial charge in [0.1, 0.15) is 36.6 Å². The first kappa shape index (κ1) is 54.9. The molecule has 0 spiro atoms. The average Bonchev–Trinajstić information content (AvgIpc) is 3.22. The molecule has 0 aliphatic carbocycles. The number of carbonyl (C=O) groups is 1. The van der Waals surface area contributed by atoms with Gasteiger partial charge in [-0.1, -0.05) is 187 Å². The van der Waals surface area contributed by atoms with Gasteiger partial charge in [0, 0.05) is 0 Å². The first-order valence-corrected chi connectivity index (χ1v) is 24.1. The van der Waals surface area contributed by atoms with Gasteiger partial charge >= 0.3 is 0 Å². The smallest absolute Gasteiger partial charge is 0.249 e. The summed E-state index contributed by atoms with van der Waals surface area (Å²) in [5.74, 6) is -0.701. The van der Waals surface area contributed by atoms with Gasteiger partial charge in [0.2, 0.25) is 5.91 Å². The zero-order chi connectivity index (χ0) is 42.6. The highest BCUT2D eigenvalue weighted by Gasteiger charge is 2.44. The van der Waals surface area contributed by atoms with E-state index in [0.717, 1.165) is 44.9 Å². The van der Waals surface area contributed by atoms with Gasteiger partial charge in [-0.3, -0.25) is 4.79 Å². The quantitative estimate of drug-likeness (QED) is 0.0222. The number of allylic oxidation sites excluding steroid dienone is 2. The van der Waals surface area contributed by atoms with Crippen molar-refractivity contribution in [2.24, 2.45) is 0 Å². The fraction of sp³-hybridized carbons (Fsp3) is 0.936. The maximum atomic E-state index is 13.1. The predicted octanol–water partition coefficient (Wildman–Crippen LogP) is 8.06. The average molecular weight is 830 g/mol. The molecule has 344 valence electrons. The second-order valence-corrected chi connectivity index (χ2v) is 17.2. The van der Waals surface area contributed by atoms with Crippen LogP contribution in [0.4, 0.5) is 0 Å². The number of aliphatic hydroxyl groups is 7. The minimum absolute atomic E-state index is 0.261. The van der Waals surface area contributed by atoms with Crippen LogP contribution in [0.15, 0.2) is 12.2 Å². The molecule has 1 heterocycles. The predicted molar refractivity (Wildman–Crippen MR) is 233 cm³/mol. The molecule has 58 heavy (non-hydrogen) atoms. The molecule has 0 radical (unpaired) electrons. The number of hydrogen-bond donors (Lipinski definition) is 8. The molecule has 1 fully saturated rings. The van der Waals surface area contributed by atoms with Crippen molar-refractivity contribution in [3.05, 3.63) is 12.2 Å². The second-order valence-electron chi connectivity index (χ2n) is 17.2. The second kappa shape index (κ2) is 37.6. The van der Waals surface area contributed by atoms with E-state index in [-0.39, 0.29) is 12.8 Å². The third-order valence-corrected chi connectivity index (χ3v) is 11.8. The molecular formula is C47H91NO10. The highest BCUT2D eigenvalue weighted by Crippen LogP contribution is 2.23. The van der Waals surface area contributed by atoms with E-state index >= 15 is 0 Å². The fourth-order valence-corrected chi connectivity index (χ4v) is 7.79. The van der Waals surface area contributed by atoms with Crippen LogP contribution in [0.5, 0.6) is 0 Å². The third kappa shape index (κ3) is 26.9. The minimum atomic E-state index is -1.66. The lowest BCUT2D eigenvalue weighted by Crippen LogP contribution is -2.60. The standard InChI is InChI=1S/C47H91NO10/c1-3-5-7-9-11-13-15-17-18-19-20-21-22-23-25-27-29-31-33-35-40(51)46(56)48-38(37-57-47-45(55)44(54)43(53)41(36-49)58-47)42(52)39(50)34-32-30-28-26-24-16-14-12-10-8-6-4-2/h16,24,38-45,47,49-55H,3-15,17-23,25-37H2,1-2H3,(H,48,56)/t38-,39+,40+,41+,42-,43+,44-,45+,47+/m0/s1. The van der Waals surface area contributed by atoms with Crippen molar-refractivity contribution in [3.8, 4) is 0 Å². The Morgan fingerprint density at radius 1 is 0.586 bits per heavy atom. The number of ether oxygens (including phenoxy) is 2. The summed E-state index contributed by atoms with van der Waals surface area (Å²) in [7, 11) is 0. The number of amides is 1. The Hall–Kier alpha value is -1.15. The summed E-state index contributed by atoms with van der Waals surface area (Å²) in [5.41, 5.74) is 0. The first-order chi connectivity index (χ1) is 28.2. The van der Waals surface area contributed by atoms with Crippen LogP contribution in [0.1, 0.15) is 213 Å². The molecule has 1 aliphatic rings. The highest BCUT2D eigenvalue weighted by atomic mass is 16.7. The summed E-state index contributed by atoms with van der Waals surface area (Å²) in [6.07, 6.45) is 28.3. The van der Waals surface area contributed by atoms with Crippen molar-refractivity contribution in [2.75, 3.05) is 13.2 Å². The number of carbonyl (C=O) groups excluding carboxylic acids is 1. The van der Waals surface area contributed by atoms with Gasteiger partial charge in [-0.15, -0.1) is 0 Å². The number of rotatable bonds is 40. The Labute approximate surface area is 353 Å². The minimum Gasteiger partial charge on any atom is -0.394 e. The monoisotopic (exact) mass is 830 g/mol. The van der Waals surface area contributed by atoms with E-state index in [2.05, 4.69) is 31.3 Å². The van der Waals surface area contributed by atoms with Gasteiger partial charge in [0.05, 0.1) is 25.4 Å². The largest absolute Gasteiger partial charge is 0.394 e. The van der Waals surface area contributed by atoms with Crippen LogP contribution in [-0.2, 0) is 14.3 Å². The molecule has 9 atom stereocenters. The van der Waals surface area contributed by atoms with E-state index in [4.69, 9.17) is 9.47 Å². The molecule has 8 N–H and O–H groups in total. The summed E-state index contributed by atoms with van der Waals surface area (Å²) < 4.78 is 11.1. The molecule has 0 bridgehead atoms. The number of hydrogen-bond acceptors (Lipinski definition) is 10. The van der Waals surface area contributed by atoms with Crippen molar-refractivity contribution in [2.45, 2.75) is 268 Å². The Kier molecular flexibility index (Phi) is 35.6. The summed E-state index contributed by atoms with van der Waals surface area (Å²) in [5, 5.41) is 75.6. The Morgan fingerprint density at radius 2 is 1.00 bits per heavy atom. The number of nitrogens with one attached hydrogen (secondary N) is 1. The Bertz CT molecular complexity index is 954. The topological polar surface area (TPSA) is 189 Å². The SMILES string of the molecule is CCCCCCCC=CCCCCC[C@@H](O)[C@@H](O)[C@H](CO[C@@H]1O[C@H](CO)[C@@H](O)[C@H](O)[C@H]1O)NC(=O)[C@H](O)CCCCCCCCCCCCCCCCCCCCC. The number of aliphatic hydroxyl groups excluding tert-OH is 7. The molecule has 1 aliphatic heterocycles. The van der Waals surface area contributed by atoms with Crippen molar-refractivity contribution >= 4 is 5.91 Å². The van der Waals surface area contributed by atoms with E-state index < -0.39 is 74.2 Å². The van der Waals surface area contributed by atoms with E-state index in [1.165, 1.54) is 128 Å². The maximum absolute atomic E-state index is 13.1. The lowest BCUT2D eigenvalue weighted by Gasteiger charge is -2.40. The van der Waals surface area contributed by atoms with Crippen molar-refractivity contribution in [1.29, 1.82) is 0 Å². The summed E-state index contributed by atoms with van der Waals surface area (Å²) >= 11 is 0. The Balaban J connectivity index is 2.41. The summed E-state index contributed by atoms with van der Waals surface area (Å²) in [6.45, 7) is 3.42. The summed E-state index contributed by atoms with van der Waals surface area (Å²) in [6, 6.07) is -1.17. The normalized spacial score (nSPS) is 22.0. The van der Waals surface area contributed by atoms with Gasteiger partial charge in [-0.05, 0) is 38.5 Å². The van der Waals surface area contributed by atoms with E-state index in [1.54, 1.807) is 0 Å². The lowest BCUT2D eigenvalue weighted by atomic mass is 9.98. The molecule has 0 aromatic carbocycles. The van der Waals surface area contributed by atoms with Crippen molar-refractivity contribution in [3.63, 3.8) is 0 Å². The first-order valence-electron chi connectivity index (χ1n) is 24.1. The highest BCUT2D eigenvalue weighted by molar-refractivity contribution is 5.80. The van der Waals surface area contributed by atoms with Crippen LogP contribution < -0.4 is 5.32 Å². The van der Waals surface area contributed by atoms with Gasteiger partial charge in [0.25, 0.3) is 0 Å². The van der Waals surface area contributed by atoms with Crippen LogP contribution in [0.3, 0.4) is 0 Å². The van der Waals surface area contributed by atoms with Crippen LogP contribution in [0.25, 0.3) is 0 Å². The molecule has 0 aromatic heterocycles.